The maximum Gasteiger partial charge on any atom is 0.270 e. The fourth-order valence-electron chi connectivity index (χ4n) is 3.11. The summed E-state index contributed by atoms with van der Waals surface area (Å²) in [7, 11) is 0. The first kappa shape index (κ1) is 19.2. The van der Waals surface area contributed by atoms with Crippen LogP contribution in [0.25, 0.3) is 0 Å². The first-order valence-corrected chi connectivity index (χ1v) is 8.80. The van der Waals surface area contributed by atoms with Gasteiger partial charge in [-0.2, -0.15) is 5.10 Å². The monoisotopic (exact) mass is 380 g/mol. The lowest BCUT2D eigenvalue weighted by Gasteiger charge is -2.19. The third-order valence-electron chi connectivity index (χ3n) is 4.62. The standard InChI is InChI=1S/C20H20N4O4/c1-13-6-7-14(2)18(8-13)23-12-16(10-19(23)25)20(26)22-21-11-15-4-3-5-17(9-15)24(27)28/h3-9,11,16H,10,12H2,1-2H3,(H,22,26)/b21-11+. The van der Waals surface area contributed by atoms with E-state index in [2.05, 4.69) is 10.5 Å². The average Bonchev–Trinajstić information content (AvgIpc) is 3.05. The molecule has 1 aliphatic rings. The molecule has 1 heterocycles. The van der Waals surface area contributed by atoms with E-state index >= 15 is 0 Å². The van der Waals surface area contributed by atoms with Crippen molar-refractivity contribution in [1.29, 1.82) is 0 Å². The quantitative estimate of drug-likeness (QED) is 0.489. The van der Waals surface area contributed by atoms with Crippen LogP contribution < -0.4 is 10.3 Å². The molecule has 1 saturated heterocycles. The van der Waals surface area contributed by atoms with Gasteiger partial charge >= 0.3 is 0 Å². The summed E-state index contributed by atoms with van der Waals surface area (Å²) in [4.78, 5) is 36.7. The number of benzene rings is 2. The van der Waals surface area contributed by atoms with Crippen LogP contribution in [0.3, 0.4) is 0 Å². The molecule has 28 heavy (non-hydrogen) atoms. The zero-order valence-electron chi connectivity index (χ0n) is 15.6. The lowest BCUT2D eigenvalue weighted by Crippen LogP contribution is -2.30. The second-order valence-electron chi connectivity index (χ2n) is 6.78. The van der Waals surface area contributed by atoms with E-state index in [1.165, 1.54) is 18.3 Å². The van der Waals surface area contributed by atoms with Crippen molar-refractivity contribution in [3.05, 3.63) is 69.3 Å². The Labute approximate surface area is 162 Å². The molecule has 8 heteroatoms. The Morgan fingerprint density at radius 2 is 2.07 bits per heavy atom. The summed E-state index contributed by atoms with van der Waals surface area (Å²) in [6, 6.07) is 11.8. The number of non-ortho nitro benzene ring substituents is 1. The number of nitrogens with zero attached hydrogens (tertiary/aromatic N) is 3. The van der Waals surface area contributed by atoms with Gasteiger partial charge in [-0.05, 0) is 31.0 Å². The number of nitro benzene ring substituents is 1. The van der Waals surface area contributed by atoms with E-state index in [0.29, 0.717) is 12.1 Å². The lowest BCUT2D eigenvalue weighted by atomic mass is 10.1. The van der Waals surface area contributed by atoms with Gasteiger partial charge in [0, 0.05) is 36.3 Å². The van der Waals surface area contributed by atoms with E-state index in [0.717, 1.165) is 16.8 Å². The number of hydrogen-bond donors (Lipinski definition) is 1. The smallest absolute Gasteiger partial charge is 0.270 e. The SMILES string of the molecule is Cc1ccc(C)c(N2CC(C(=O)N/N=C/c3cccc([N+](=O)[O-])c3)CC2=O)c1. The van der Waals surface area contributed by atoms with Gasteiger partial charge in [0.1, 0.15) is 0 Å². The molecule has 1 atom stereocenters. The fourth-order valence-corrected chi connectivity index (χ4v) is 3.11. The van der Waals surface area contributed by atoms with E-state index < -0.39 is 10.8 Å². The van der Waals surface area contributed by atoms with Crippen molar-refractivity contribution in [1.82, 2.24) is 5.43 Å². The summed E-state index contributed by atoms with van der Waals surface area (Å²) in [6.45, 7) is 4.18. The van der Waals surface area contributed by atoms with Crippen LogP contribution in [-0.2, 0) is 9.59 Å². The molecule has 0 aliphatic carbocycles. The Morgan fingerprint density at radius 3 is 2.82 bits per heavy atom. The summed E-state index contributed by atoms with van der Waals surface area (Å²) >= 11 is 0. The minimum absolute atomic E-state index is 0.0548. The number of hydrogen-bond acceptors (Lipinski definition) is 5. The molecule has 2 aromatic carbocycles. The maximum atomic E-state index is 12.4. The maximum absolute atomic E-state index is 12.4. The fraction of sp³-hybridized carbons (Fsp3) is 0.250. The largest absolute Gasteiger partial charge is 0.311 e. The molecule has 0 bridgehead atoms. The Kier molecular flexibility index (Phi) is 5.49. The van der Waals surface area contributed by atoms with Crippen LogP contribution in [0.4, 0.5) is 11.4 Å². The lowest BCUT2D eigenvalue weighted by molar-refractivity contribution is -0.384. The highest BCUT2D eigenvalue weighted by Gasteiger charge is 2.35. The van der Waals surface area contributed by atoms with Gasteiger partial charge < -0.3 is 4.90 Å². The Hall–Kier alpha value is -3.55. The number of hydrazone groups is 1. The minimum Gasteiger partial charge on any atom is -0.311 e. The van der Waals surface area contributed by atoms with Gasteiger partial charge in [0.25, 0.3) is 5.69 Å². The molecule has 0 saturated carbocycles. The molecule has 1 aliphatic heterocycles. The molecule has 1 fully saturated rings. The molecule has 144 valence electrons. The predicted molar refractivity (Wildman–Crippen MR) is 105 cm³/mol. The van der Waals surface area contributed by atoms with Gasteiger partial charge in [-0.15, -0.1) is 0 Å². The number of carbonyl (C=O) groups is 2. The van der Waals surface area contributed by atoms with E-state index in [4.69, 9.17) is 0 Å². The van der Waals surface area contributed by atoms with Crippen LogP contribution in [0.2, 0.25) is 0 Å². The van der Waals surface area contributed by atoms with Crippen LogP contribution in [0.5, 0.6) is 0 Å². The Bertz CT molecular complexity index is 970. The zero-order valence-corrected chi connectivity index (χ0v) is 15.6. The first-order chi connectivity index (χ1) is 13.3. The summed E-state index contributed by atoms with van der Waals surface area (Å²) < 4.78 is 0. The number of aryl methyl sites for hydroxylation is 2. The van der Waals surface area contributed by atoms with E-state index in [1.54, 1.807) is 17.0 Å². The molecular weight excluding hydrogens is 360 g/mol. The van der Waals surface area contributed by atoms with Crippen LogP contribution in [0.15, 0.2) is 47.6 Å². The highest BCUT2D eigenvalue weighted by molar-refractivity contribution is 6.01. The van der Waals surface area contributed by atoms with Gasteiger partial charge in [-0.1, -0.05) is 24.3 Å². The van der Waals surface area contributed by atoms with E-state index in [-0.39, 0.29) is 23.9 Å². The van der Waals surface area contributed by atoms with Gasteiger partial charge in [-0.3, -0.25) is 19.7 Å². The molecule has 1 N–H and O–H groups in total. The van der Waals surface area contributed by atoms with Crippen molar-refractivity contribution in [3.63, 3.8) is 0 Å². The topological polar surface area (TPSA) is 105 Å². The highest BCUT2D eigenvalue weighted by atomic mass is 16.6. The normalized spacial score (nSPS) is 16.6. The zero-order chi connectivity index (χ0) is 20.3. The predicted octanol–water partition coefficient (Wildman–Crippen LogP) is 2.71. The van der Waals surface area contributed by atoms with E-state index in [1.807, 2.05) is 32.0 Å². The molecule has 0 spiro atoms. The molecule has 2 aromatic rings. The van der Waals surface area contributed by atoms with Gasteiger partial charge in [-0.25, -0.2) is 5.43 Å². The number of nitro groups is 1. The summed E-state index contributed by atoms with van der Waals surface area (Å²) in [5.74, 6) is -0.964. The van der Waals surface area contributed by atoms with Crippen LogP contribution in [0.1, 0.15) is 23.1 Å². The number of anilines is 1. The molecule has 0 aromatic heterocycles. The van der Waals surface area contributed by atoms with Crippen LogP contribution in [0, 0.1) is 29.9 Å². The average molecular weight is 380 g/mol. The number of nitrogens with one attached hydrogen (secondary N) is 1. The molecule has 2 amide bonds. The second kappa shape index (κ2) is 7.99. The Morgan fingerprint density at radius 1 is 1.29 bits per heavy atom. The molecule has 0 radical (unpaired) electrons. The number of carbonyl (C=O) groups excluding carboxylic acids is 2. The molecule has 1 unspecified atom stereocenters. The number of amides is 2. The van der Waals surface area contributed by atoms with Crippen molar-refractivity contribution in [2.24, 2.45) is 11.0 Å². The number of rotatable bonds is 5. The van der Waals surface area contributed by atoms with Gasteiger partial charge in [0.15, 0.2) is 0 Å². The van der Waals surface area contributed by atoms with Gasteiger partial charge in [0.2, 0.25) is 11.8 Å². The summed E-state index contributed by atoms with van der Waals surface area (Å²) in [5, 5.41) is 14.7. The third kappa shape index (κ3) is 4.22. The minimum atomic E-state index is -0.505. The second-order valence-corrected chi connectivity index (χ2v) is 6.78. The van der Waals surface area contributed by atoms with Gasteiger partial charge in [0.05, 0.1) is 17.1 Å². The van der Waals surface area contributed by atoms with Crippen molar-refractivity contribution < 1.29 is 14.5 Å². The summed E-state index contributed by atoms with van der Waals surface area (Å²) in [5.41, 5.74) is 5.70. The molecule has 3 rings (SSSR count). The molecular formula is C20H20N4O4. The van der Waals surface area contributed by atoms with Crippen LogP contribution >= 0.6 is 0 Å². The first-order valence-electron chi connectivity index (χ1n) is 8.80. The van der Waals surface area contributed by atoms with Crippen molar-refractivity contribution in [3.8, 4) is 0 Å². The van der Waals surface area contributed by atoms with Crippen LogP contribution in [-0.4, -0.2) is 29.5 Å². The highest BCUT2D eigenvalue weighted by Crippen LogP contribution is 2.28. The Balaban J connectivity index is 1.64. The van der Waals surface area contributed by atoms with Crippen molar-refractivity contribution in [2.45, 2.75) is 20.3 Å². The third-order valence-corrected chi connectivity index (χ3v) is 4.62. The van der Waals surface area contributed by atoms with Crippen molar-refractivity contribution >= 4 is 29.4 Å². The molecule has 8 nitrogen and oxygen atoms in total. The van der Waals surface area contributed by atoms with E-state index in [9.17, 15) is 19.7 Å². The van der Waals surface area contributed by atoms with Crippen molar-refractivity contribution in [2.75, 3.05) is 11.4 Å². The summed E-state index contributed by atoms with van der Waals surface area (Å²) in [6.07, 6.45) is 1.45.